The fourth-order valence-corrected chi connectivity index (χ4v) is 8.29. The number of carbonyl (C=O) groups excluding carboxylic acids is 2. The Labute approximate surface area is 294 Å². The molecule has 50 heavy (non-hydrogen) atoms. The van der Waals surface area contributed by atoms with E-state index in [4.69, 9.17) is 18.7 Å². The van der Waals surface area contributed by atoms with Gasteiger partial charge in [-0.05, 0) is 65.2 Å². The van der Waals surface area contributed by atoms with Crippen molar-refractivity contribution in [1.82, 2.24) is 29.7 Å². The van der Waals surface area contributed by atoms with Gasteiger partial charge in [0.05, 0.1) is 26.1 Å². The number of anilines is 1. The normalized spacial score (nSPS) is 24.3. The molecule has 3 heterocycles. The third-order valence-electron chi connectivity index (χ3n) is 8.87. The summed E-state index contributed by atoms with van der Waals surface area (Å²) >= 11 is 0. The van der Waals surface area contributed by atoms with E-state index in [1.54, 1.807) is 25.3 Å². The van der Waals surface area contributed by atoms with Crippen LogP contribution in [0.4, 0.5) is 5.82 Å². The third-order valence-corrected chi connectivity index (χ3v) is 10.7. The van der Waals surface area contributed by atoms with Crippen LogP contribution < -0.4 is 15.5 Å². The number of hydrogen-bond acceptors (Lipinski definition) is 13. The first-order valence-corrected chi connectivity index (χ1v) is 19.4. The highest BCUT2D eigenvalue weighted by Crippen LogP contribution is 2.45. The van der Waals surface area contributed by atoms with Crippen molar-refractivity contribution in [2.24, 2.45) is 11.8 Å². The quantitative estimate of drug-likeness (QED) is 0.110. The van der Waals surface area contributed by atoms with Crippen LogP contribution in [0.1, 0.15) is 99.0 Å². The standard InChI is InChI=1S/C33H56N7O9P/c1-9-46-30(42)23(15-19(3)4)38-50(45,39-24(16-20(5)6)31(43)47-10-2)48-17-25-27(41)33(8,44)32(49-25)40-18-34-26-28(35-21(7)36-29(26)40)37-22-13-11-12-14-22/h18-20,22-25,27,32,41,44H,9-17H2,1-8H3,(H,35,36,37)(H2,38,39,45)/t23-,24-,25+,27?,32+,33-/m0/s1. The molecule has 2 aliphatic rings. The van der Waals surface area contributed by atoms with E-state index in [1.807, 2.05) is 27.7 Å². The maximum atomic E-state index is 14.6. The summed E-state index contributed by atoms with van der Waals surface area (Å²) in [6, 6.07) is -1.82. The zero-order valence-corrected chi connectivity index (χ0v) is 31.4. The van der Waals surface area contributed by atoms with E-state index < -0.39 is 62.3 Å². The molecule has 1 saturated carbocycles. The molecule has 2 aromatic heterocycles. The molecule has 1 aliphatic carbocycles. The number of aryl methyl sites for hydroxylation is 1. The van der Waals surface area contributed by atoms with Gasteiger partial charge in [-0.15, -0.1) is 0 Å². The number of aromatic nitrogens is 4. The minimum absolute atomic E-state index is 0.00375. The summed E-state index contributed by atoms with van der Waals surface area (Å²) in [4.78, 5) is 39.7. The predicted octanol–water partition coefficient (Wildman–Crippen LogP) is 3.76. The van der Waals surface area contributed by atoms with Crippen molar-refractivity contribution in [2.45, 2.75) is 136 Å². The highest BCUT2D eigenvalue weighted by Gasteiger charge is 2.54. The minimum Gasteiger partial charge on any atom is -0.465 e. The van der Waals surface area contributed by atoms with E-state index in [2.05, 4.69) is 30.4 Å². The zero-order chi connectivity index (χ0) is 36.8. The van der Waals surface area contributed by atoms with Crippen LogP contribution in [0.25, 0.3) is 11.2 Å². The number of rotatable bonds is 18. The molecule has 282 valence electrons. The molecule has 2 aromatic rings. The number of ether oxygens (including phenoxy) is 3. The molecule has 1 aliphatic heterocycles. The molecule has 17 heteroatoms. The average Bonchev–Trinajstić information content (AvgIpc) is 3.74. The van der Waals surface area contributed by atoms with E-state index in [9.17, 15) is 24.4 Å². The van der Waals surface area contributed by atoms with Gasteiger partial charge >= 0.3 is 19.6 Å². The fourth-order valence-electron chi connectivity index (χ4n) is 6.47. The molecular weight excluding hydrogens is 669 g/mol. The Morgan fingerprint density at radius 1 is 1.04 bits per heavy atom. The Morgan fingerprint density at radius 3 is 2.12 bits per heavy atom. The molecule has 0 amide bonds. The molecule has 2 fully saturated rings. The maximum Gasteiger partial charge on any atom is 0.342 e. The summed E-state index contributed by atoms with van der Waals surface area (Å²) in [5, 5.41) is 32.1. The van der Waals surface area contributed by atoms with Gasteiger partial charge in [-0.1, -0.05) is 40.5 Å². The first kappa shape index (κ1) is 40.1. The van der Waals surface area contributed by atoms with Crippen LogP contribution in [0.3, 0.4) is 0 Å². The zero-order valence-electron chi connectivity index (χ0n) is 30.5. The predicted molar refractivity (Wildman–Crippen MR) is 186 cm³/mol. The molecule has 0 spiro atoms. The number of fused-ring (bicyclic) bond motifs is 1. The van der Waals surface area contributed by atoms with Crippen molar-refractivity contribution in [2.75, 3.05) is 25.1 Å². The van der Waals surface area contributed by atoms with Crippen LogP contribution in [0.5, 0.6) is 0 Å². The number of aliphatic hydroxyl groups is 2. The van der Waals surface area contributed by atoms with Gasteiger partial charge in [0.2, 0.25) is 0 Å². The van der Waals surface area contributed by atoms with Gasteiger partial charge in [-0.25, -0.2) is 25.1 Å². The van der Waals surface area contributed by atoms with E-state index in [0.29, 0.717) is 22.8 Å². The molecule has 16 nitrogen and oxygen atoms in total. The molecule has 1 saturated heterocycles. The van der Waals surface area contributed by atoms with Gasteiger partial charge in [-0.3, -0.25) is 18.7 Å². The minimum atomic E-state index is -4.29. The molecule has 0 radical (unpaired) electrons. The average molecular weight is 726 g/mol. The lowest BCUT2D eigenvalue weighted by molar-refractivity contribution is -0.146. The van der Waals surface area contributed by atoms with Gasteiger partial charge < -0.3 is 34.3 Å². The second-order valence-electron chi connectivity index (χ2n) is 14.2. The number of nitrogens with one attached hydrogen (secondary N) is 3. The van der Waals surface area contributed by atoms with Crippen molar-refractivity contribution in [3.63, 3.8) is 0 Å². The van der Waals surface area contributed by atoms with Crippen LogP contribution in [0.2, 0.25) is 0 Å². The lowest BCUT2D eigenvalue weighted by atomic mass is 9.96. The first-order valence-electron chi connectivity index (χ1n) is 17.7. The van der Waals surface area contributed by atoms with Crippen molar-refractivity contribution in [3.8, 4) is 0 Å². The van der Waals surface area contributed by atoms with Crippen LogP contribution in [0.15, 0.2) is 6.33 Å². The third kappa shape index (κ3) is 9.78. The van der Waals surface area contributed by atoms with Gasteiger partial charge in [-0.2, -0.15) is 0 Å². The number of carbonyl (C=O) groups is 2. The summed E-state index contributed by atoms with van der Waals surface area (Å²) < 4.78 is 38.9. The summed E-state index contributed by atoms with van der Waals surface area (Å²) in [5.74, 6) is -0.173. The first-order chi connectivity index (χ1) is 23.6. The fraction of sp³-hybridized carbons (Fsp3) is 0.788. The Kier molecular flexibility index (Phi) is 13.8. The van der Waals surface area contributed by atoms with Crippen molar-refractivity contribution >= 4 is 36.6 Å². The number of aliphatic hydroxyl groups excluding tert-OH is 1. The SMILES string of the molecule is CCOC(=O)[C@H](CC(C)C)NP(=O)(N[C@@H](CC(C)C)C(=O)OCC)OC[C@H]1O[C@@H](n2cnc3c(NC4CCCC4)nc(C)nc32)[C@@](C)(O)C1O. The van der Waals surface area contributed by atoms with E-state index in [1.165, 1.54) is 13.3 Å². The molecule has 5 N–H and O–H groups in total. The molecular formula is C33H56N7O9P. The van der Waals surface area contributed by atoms with E-state index >= 15 is 0 Å². The Morgan fingerprint density at radius 2 is 1.60 bits per heavy atom. The number of hydrogen-bond donors (Lipinski definition) is 5. The maximum absolute atomic E-state index is 14.6. The van der Waals surface area contributed by atoms with Crippen molar-refractivity contribution in [3.05, 3.63) is 12.2 Å². The Balaban J connectivity index is 1.62. The molecule has 6 atom stereocenters. The summed E-state index contributed by atoms with van der Waals surface area (Å²) in [6.45, 7) is 13.9. The summed E-state index contributed by atoms with van der Waals surface area (Å²) in [5.41, 5.74) is -0.956. The molecule has 4 rings (SSSR count). The topological polar surface area (TPSA) is 208 Å². The van der Waals surface area contributed by atoms with Crippen molar-refractivity contribution < 1.29 is 43.1 Å². The highest BCUT2D eigenvalue weighted by molar-refractivity contribution is 7.54. The van der Waals surface area contributed by atoms with Crippen LogP contribution >= 0.6 is 7.67 Å². The Bertz CT molecular complexity index is 1460. The number of nitrogens with zero attached hydrogens (tertiary/aromatic N) is 4. The summed E-state index contributed by atoms with van der Waals surface area (Å²) in [6.07, 6.45) is 2.47. The van der Waals surface area contributed by atoms with Crippen LogP contribution in [-0.4, -0.2) is 97.4 Å². The number of imidazole rings is 1. The largest absolute Gasteiger partial charge is 0.465 e. The van der Waals surface area contributed by atoms with E-state index in [-0.39, 0.29) is 43.9 Å². The lowest BCUT2D eigenvalue weighted by Crippen LogP contribution is -2.47. The van der Waals surface area contributed by atoms with E-state index in [0.717, 1.165) is 25.7 Å². The second kappa shape index (κ2) is 17.2. The number of esters is 2. The second-order valence-corrected chi connectivity index (χ2v) is 16.1. The Hall–Kier alpha value is -2.72. The van der Waals surface area contributed by atoms with Gasteiger partial charge in [0.25, 0.3) is 0 Å². The molecule has 0 bridgehead atoms. The highest BCUT2D eigenvalue weighted by atomic mass is 31.2. The van der Waals surface area contributed by atoms with Crippen LogP contribution in [-0.2, 0) is 32.9 Å². The summed E-state index contributed by atoms with van der Waals surface area (Å²) in [7, 11) is -4.29. The lowest BCUT2D eigenvalue weighted by Gasteiger charge is -2.30. The molecule has 1 unspecified atom stereocenters. The molecule has 0 aromatic carbocycles. The van der Waals surface area contributed by atoms with Gasteiger partial charge in [0.15, 0.2) is 23.2 Å². The smallest absolute Gasteiger partial charge is 0.342 e. The van der Waals surface area contributed by atoms with Gasteiger partial charge in [0, 0.05) is 6.04 Å². The monoisotopic (exact) mass is 725 g/mol. The van der Waals surface area contributed by atoms with Crippen molar-refractivity contribution in [1.29, 1.82) is 0 Å². The van der Waals surface area contributed by atoms with Crippen LogP contribution in [0, 0.1) is 18.8 Å². The van der Waals surface area contributed by atoms with Gasteiger partial charge in [0.1, 0.15) is 35.7 Å².